The molecule has 0 spiro atoms. The topological polar surface area (TPSA) is 124 Å². The van der Waals surface area contributed by atoms with Crippen molar-refractivity contribution in [3.05, 3.63) is 35.9 Å². The van der Waals surface area contributed by atoms with Crippen LogP contribution in [0.2, 0.25) is 0 Å². The van der Waals surface area contributed by atoms with Gasteiger partial charge in [0.15, 0.2) is 0 Å². The maximum atomic E-state index is 13.9. The third kappa shape index (κ3) is 10.4. The summed E-state index contributed by atoms with van der Waals surface area (Å²) >= 11 is 0. The molecule has 7 atom stereocenters. The molecule has 1 saturated heterocycles. The Hall–Kier alpha value is -3.18. The second-order valence-corrected chi connectivity index (χ2v) is 12.3. The van der Waals surface area contributed by atoms with Crippen LogP contribution in [0.4, 0.5) is 4.79 Å². The van der Waals surface area contributed by atoms with E-state index in [1.165, 1.54) is 0 Å². The van der Waals surface area contributed by atoms with Gasteiger partial charge in [-0.2, -0.15) is 0 Å². The number of carbonyl (C=O) groups excluding carboxylic acids is 4. The van der Waals surface area contributed by atoms with E-state index in [0.717, 1.165) is 18.4 Å². The molecule has 1 aromatic carbocycles. The summed E-state index contributed by atoms with van der Waals surface area (Å²) in [5.74, 6) is -1.54. The Balaban J connectivity index is 2.20. The average molecular weight is 634 g/mol. The number of benzene rings is 1. The fraction of sp³-hybridized carbons (Fsp3) is 0.706. The lowest BCUT2D eigenvalue weighted by Gasteiger charge is -2.40. The largest absolute Gasteiger partial charge is 0.466 e. The molecule has 0 aromatic heterocycles. The van der Waals surface area contributed by atoms with Crippen LogP contribution in [0.15, 0.2) is 30.3 Å². The van der Waals surface area contributed by atoms with Gasteiger partial charge >= 0.3 is 12.1 Å². The number of likely N-dealkylation sites (tertiary alicyclic amines) is 1. The molecule has 1 N–H and O–H groups in total. The number of nitrogens with one attached hydrogen (secondary N) is 1. The standard InChI is InChI=1S/C34H55N3O8/c1-10-23(5)30(36(7)32(39)29(22(3)4)35-34(41)45-21-25-16-13-12-14-17-25)27(42-8)20-28(38)37-19-15-18-26(37)31(43-9)24(6)33(40)44-11-2/h12-14,16-17,22-24,26-27,29-31H,10-11,15,18-21H2,1-9H3,(H,35,41)/t23-,24+,26-,27+,29-,30-,31+/m0/s1. The monoisotopic (exact) mass is 633 g/mol. The summed E-state index contributed by atoms with van der Waals surface area (Å²) in [7, 11) is 4.80. The molecule has 1 fully saturated rings. The van der Waals surface area contributed by atoms with Gasteiger partial charge in [0.25, 0.3) is 0 Å². The molecule has 0 saturated carbocycles. The van der Waals surface area contributed by atoms with Crippen LogP contribution >= 0.6 is 0 Å². The fourth-order valence-corrected chi connectivity index (χ4v) is 6.19. The van der Waals surface area contributed by atoms with Gasteiger partial charge in [-0.1, -0.05) is 64.4 Å². The van der Waals surface area contributed by atoms with Gasteiger partial charge in [-0.15, -0.1) is 0 Å². The van der Waals surface area contributed by atoms with Crippen molar-refractivity contribution in [1.82, 2.24) is 15.1 Å². The minimum absolute atomic E-state index is 0.0144. The minimum Gasteiger partial charge on any atom is -0.466 e. The lowest BCUT2D eigenvalue weighted by molar-refractivity contribution is -0.156. The van der Waals surface area contributed by atoms with Gasteiger partial charge in [-0.05, 0) is 44.1 Å². The molecule has 1 aromatic rings. The van der Waals surface area contributed by atoms with Gasteiger partial charge in [0.05, 0.1) is 43.2 Å². The number of methoxy groups -OCH3 is 2. The van der Waals surface area contributed by atoms with Crippen molar-refractivity contribution < 1.29 is 38.1 Å². The smallest absolute Gasteiger partial charge is 0.408 e. The molecule has 0 radical (unpaired) electrons. The SMILES string of the molecule is CCOC(=O)[C@H](C)[C@@H](OC)[C@@H]1CCCN1C(=O)C[C@@H](OC)[C@H]([C@@H](C)CC)N(C)C(=O)[C@@H](NC(=O)OCc1ccccc1)C(C)C. The van der Waals surface area contributed by atoms with Crippen LogP contribution in [-0.2, 0) is 39.9 Å². The number of hydrogen-bond donors (Lipinski definition) is 1. The Bertz CT molecular complexity index is 1080. The quantitative estimate of drug-likeness (QED) is 0.250. The Kier molecular flexibility index (Phi) is 15.8. The maximum Gasteiger partial charge on any atom is 0.408 e. The Morgan fingerprint density at radius 1 is 1.00 bits per heavy atom. The van der Waals surface area contributed by atoms with Crippen LogP contribution in [0.3, 0.4) is 0 Å². The number of likely N-dealkylation sites (N-methyl/N-ethyl adjacent to an activating group) is 1. The predicted octanol–water partition coefficient (Wildman–Crippen LogP) is 4.42. The molecule has 2 rings (SSSR count). The van der Waals surface area contributed by atoms with Crippen molar-refractivity contribution in [3.8, 4) is 0 Å². The van der Waals surface area contributed by atoms with Crippen LogP contribution in [0.1, 0.15) is 72.8 Å². The Labute approximate surface area is 269 Å². The molecular weight excluding hydrogens is 578 g/mol. The second-order valence-electron chi connectivity index (χ2n) is 12.3. The minimum atomic E-state index is -0.840. The predicted molar refractivity (Wildman–Crippen MR) is 171 cm³/mol. The van der Waals surface area contributed by atoms with Crippen molar-refractivity contribution in [1.29, 1.82) is 0 Å². The van der Waals surface area contributed by atoms with Gasteiger partial charge in [-0.3, -0.25) is 14.4 Å². The molecule has 1 heterocycles. The molecule has 0 unspecified atom stereocenters. The Morgan fingerprint density at radius 3 is 2.22 bits per heavy atom. The first kappa shape index (κ1) is 38.0. The van der Waals surface area contributed by atoms with E-state index >= 15 is 0 Å². The van der Waals surface area contributed by atoms with Crippen molar-refractivity contribution in [3.63, 3.8) is 0 Å². The van der Waals surface area contributed by atoms with Gasteiger partial charge in [0, 0.05) is 27.8 Å². The molecule has 11 heteroatoms. The molecule has 254 valence electrons. The first-order chi connectivity index (χ1) is 21.4. The summed E-state index contributed by atoms with van der Waals surface area (Å²) in [6.07, 6.45) is 0.490. The summed E-state index contributed by atoms with van der Waals surface area (Å²) in [5.41, 5.74) is 0.842. The number of rotatable bonds is 17. The number of ether oxygens (including phenoxy) is 4. The van der Waals surface area contributed by atoms with E-state index in [1.54, 1.807) is 44.9 Å². The van der Waals surface area contributed by atoms with E-state index in [9.17, 15) is 19.2 Å². The second kappa shape index (κ2) is 18.7. The van der Waals surface area contributed by atoms with Gasteiger partial charge in [0.1, 0.15) is 12.6 Å². The van der Waals surface area contributed by atoms with Crippen molar-refractivity contribution in [2.45, 2.75) is 104 Å². The summed E-state index contributed by atoms with van der Waals surface area (Å²) in [6, 6.07) is 7.76. The number of carbonyl (C=O) groups is 4. The third-order valence-electron chi connectivity index (χ3n) is 8.92. The van der Waals surface area contributed by atoms with Crippen LogP contribution in [-0.4, -0.2) is 98.4 Å². The first-order valence-corrected chi connectivity index (χ1v) is 16.2. The average Bonchev–Trinajstić information content (AvgIpc) is 3.52. The zero-order valence-corrected chi connectivity index (χ0v) is 28.6. The van der Waals surface area contributed by atoms with Crippen LogP contribution < -0.4 is 5.32 Å². The summed E-state index contributed by atoms with van der Waals surface area (Å²) in [5, 5.41) is 2.75. The van der Waals surface area contributed by atoms with Gasteiger partial charge in [0.2, 0.25) is 11.8 Å². The third-order valence-corrected chi connectivity index (χ3v) is 8.92. The van der Waals surface area contributed by atoms with E-state index in [2.05, 4.69) is 5.32 Å². The summed E-state index contributed by atoms with van der Waals surface area (Å²) in [4.78, 5) is 56.4. The summed E-state index contributed by atoms with van der Waals surface area (Å²) < 4.78 is 22.3. The highest BCUT2D eigenvalue weighted by Gasteiger charge is 2.43. The highest BCUT2D eigenvalue weighted by molar-refractivity contribution is 5.86. The number of amides is 3. The van der Waals surface area contributed by atoms with E-state index in [-0.39, 0.29) is 55.3 Å². The molecule has 0 aliphatic carbocycles. The Morgan fingerprint density at radius 2 is 1.67 bits per heavy atom. The van der Waals surface area contributed by atoms with Crippen molar-refractivity contribution >= 4 is 23.9 Å². The van der Waals surface area contributed by atoms with Gasteiger partial charge < -0.3 is 34.1 Å². The highest BCUT2D eigenvalue weighted by Crippen LogP contribution is 2.29. The van der Waals surface area contributed by atoms with E-state index in [4.69, 9.17) is 18.9 Å². The number of hydrogen-bond acceptors (Lipinski definition) is 8. The van der Waals surface area contributed by atoms with Gasteiger partial charge in [-0.25, -0.2) is 4.79 Å². The van der Waals surface area contributed by atoms with Crippen molar-refractivity contribution in [2.24, 2.45) is 17.8 Å². The molecule has 1 aliphatic rings. The number of esters is 1. The first-order valence-electron chi connectivity index (χ1n) is 16.2. The van der Waals surface area contributed by atoms with E-state index < -0.39 is 36.3 Å². The van der Waals surface area contributed by atoms with E-state index in [0.29, 0.717) is 13.0 Å². The normalized spacial score (nSPS) is 18.8. The van der Waals surface area contributed by atoms with E-state index in [1.807, 2.05) is 58.0 Å². The maximum absolute atomic E-state index is 13.9. The van der Waals surface area contributed by atoms with Crippen LogP contribution in [0.5, 0.6) is 0 Å². The lowest BCUT2D eigenvalue weighted by Crippen LogP contribution is -2.57. The highest BCUT2D eigenvalue weighted by atomic mass is 16.5. The molecule has 0 bridgehead atoms. The molecule has 3 amide bonds. The number of nitrogens with zero attached hydrogens (tertiary/aromatic N) is 2. The zero-order chi connectivity index (χ0) is 33.7. The molecular formula is C34H55N3O8. The lowest BCUT2D eigenvalue weighted by atomic mass is 9.89. The van der Waals surface area contributed by atoms with Crippen LogP contribution in [0, 0.1) is 17.8 Å². The molecule has 1 aliphatic heterocycles. The molecule has 45 heavy (non-hydrogen) atoms. The molecule has 11 nitrogen and oxygen atoms in total. The fourth-order valence-electron chi connectivity index (χ4n) is 6.19. The zero-order valence-electron chi connectivity index (χ0n) is 28.6. The van der Waals surface area contributed by atoms with Crippen LogP contribution in [0.25, 0.3) is 0 Å². The van der Waals surface area contributed by atoms with Crippen molar-refractivity contribution in [2.75, 3.05) is 34.4 Å². The summed E-state index contributed by atoms with van der Waals surface area (Å²) in [6.45, 7) is 12.2. The number of alkyl carbamates (subject to hydrolysis) is 1.